The smallest absolute Gasteiger partial charge is 0.187 e. The average Bonchev–Trinajstić information content (AvgIpc) is 2.66. The minimum absolute atomic E-state index is 0. The minimum atomic E-state index is -0.182. The van der Waals surface area contributed by atoms with Gasteiger partial charge in [0.05, 0.1) is 21.4 Å². The van der Waals surface area contributed by atoms with Gasteiger partial charge in [0.1, 0.15) is 0 Å². The van der Waals surface area contributed by atoms with Crippen molar-refractivity contribution in [3.63, 3.8) is 0 Å². The van der Waals surface area contributed by atoms with Gasteiger partial charge in [-0.1, -0.05) is 23.2 Å². The van der Waals surface area contributed by atoms with E-state index in [0.717, 1.165) is 0 Å². The Morgan fingerprint density at radius 3 is 1.48 bits per heavy atom. The minimum Gasteiger partial charge on any atom is -0.399 e. The van der Waals surface area contributed by atoms with Crippen molar-refractivity contribution in [3.05, 3.63) is 93.6 Å². The molecule has 29 heavy (non-hydrogen) atoms. The molecule has 1 aromatic rings. The Kier molecular flexibility index (Phi) is 7.51. The van der Waals surface area contributed by atoms with Gasteiger partial charge in [0.25, 0.3) is 0 Å². The van der Waals surface area contributed by atoms with Crippen LogP contribution in [0.25, 0.3) is 0 Å². The molecule has 0 unspecified atom stereocenters. The van der Waals surface area contributed by atoms with E-state index in [1.165, 1.54) is 36.7 Å². The Hall–Kier alpha value is -2.73. The molecule has 0 heterocycles. The van der Waals surface area contributed by atoms with Crippen molar-refractivity contribution in [1.82, 2.24) is 0 Å². The van der Waals surface area contributed by atoms with E-state index in [1.54, 1.807) is 24.3 Å². The largest absolute Gasteiger partial charge is 0.399 e. The summed E-state index contributed by atoms with van der Waals surface area (Å²) < 4.78 is 0. The number of anilines is 2. The average molecular weight is 474 g/mol. The number of hydrogen-bond donors (Lipinski definition) is 4. The Bertz CT molecular complexity index is 970. The molecule has 2 aliphatic carbocycles. The number of carbonyl (C=O) groups excluding carboxylic acids is 2. The summed E-state index contributed by atoms with van der Waals surface area (Å²) in [7, 11) is 0. The molecule has 2 aliphatic rings. The molecule has 0 amide bonds. The van der Waals surface area contributed by atoms with E-state index in [-0.39, 0.29) is 28.1 Å². The molecular formula is C20H16Cl2N4NiO2. The van der Waals surface area contributed by atoms with Gasteiger partial charge in [-0.05, 0) is 48.6 Å². The summed E-state index contributed by atoms with van der Waals surface area (Å²) in [5, 5.41) is 6.69. The molecule has 6 nitrogen and oxygen atoms in total. The van der Waals surface area contributed by atoms with Crippen LogP contribution in [0.1, 0.15) is 0 Å². The SMILES string of the molecule is NC1=C/C(=C/Nc2cc(Cl)c(Cl)cc2N/C=C2/C=C(N)C=CC2=O)C(=O)C=C1.[Ni]. The normalized spacial score (nSPS) is 18.4. The maximum atomic E-state index is 11.9. The van der Waals surface area contributed by atoms with Crippen LogP contribution in [0, 0.1) is 0 Å². The van der Waals surface area contributed by atoms with Gasteiger partial charge in [-0.15, -0.1) is 0 Å². The van der Waals surface area contributed by atoms with Crippen molar-refractivity contribution >= 4 is 46.1 Å². The number of ketones is 2. The second kappa shape index (κ2) is 9.65. The van der Waals surface area contributed by atoms with Crippen LogP contribution in [0.5, 0.6) is 0 Å². The topological polar surface area (TPSA) is 110 Å². The standard InChI is InChI=1S/C20H16Cl2N4O2.Ni/c21-15-7-17(25-9-11-5-13(23)1-3-19(11)27)18(8-16(15)22)26-10-12-6-14(24)2-4-20(12)28;/h1-10,25-26H,23-24H2;/b11-9-,12-10-;. The number of halogens is 2. The van der Waals surface area contributed by atoms with Gasteiger partial charge in [0, 0.05) is 51.4 Å². The maximum absolute atomic E-state index is 11.9. The first-order valence-corrected chi connectivity index (χ1v) is 8.90. The third kappa shape index (κ3) is 5.64. The van der Waals surface area contributed by atoms with Gasteiger partial charge in [0.2, 0.25) is 0 Å². The molecule has 0 saturated carbocycles. The van der Waals surface area contributed by atoms with E-state index >= 15 is 0 Å². The van der Waals surface area contributed by atoms with Crippen LogP contribution in [0.2, 0.25) is 10.0 Å². The van der Waals surface area contributed by atoms with E-state index in [0.29, 0.717) is 44.0 Å². The number of rotatable bonds is 4. The van der Waals surface area contributed by atoms with Gasteiger partial charge < -0.3 is 22.1 Å². The predicted octanol–water partition coefficient (Wildman–Crippen LogP) is 3.55. The van der Waals surface area contributed by atoms with Crippen LogP contribution in [0.3, 0.4) is 0 Å². The van der Waals surface area contributed by atoms with Gasteiger partial charge in [-0.25, -0.2) is 0 Å². The molecule has 0 saturated heterocycles. The Morgan fingerprint density at radius 2 is 1.10 bits per heavy atom. The summed E-state index contributed by atoms with van der Waals surface area (Å²) in [5.41, 5.74) is 14.3. The van der Waals surface area contributed by atoms with Crippen molar-refractivity contribution < 1.29 is 26.1 Å². The Labute approximate surface area is 187 Å². The monoisotopic (exact) mass is 472 g/mol. The fraction of sp³-hybridized carbons (Fsp3) is 0. The first-order chi connectivity index (χ1) is 13.3. The number of hydrogen-bond acceptors (Lipinski definition) is 6. The Balaban J connectivity index is 0.00000300. The van der Waals surface area contributed by atoms with Gasteiger partial charge in [0.15, 0.2) is 11.6 Å². The van der Waals surface area contributed by atoms with Crippen molar-refractivity contribution in [1.29, 1.82) is 0 Å². The van der Waals surface area contributed by atoms with Crippen LogP contribution in [0.4, 0.5) is 11.4 Å². The second-order valence-electron chi connectivity index (χ2n) is 5.98. The quantitative estimate of drug-likeness (QED) is 0.393. The van der Waals surface area contributed by atoms with Crippen LogP contribution in [-0.4, -0.2) is 11.6 Å². The molecule has 6 N–H and O–H groups in total. The summed E-state index contributed by atoms with van der Waals surface area (Å²) in [5.74, 6) is -0.364. The number of benzene rings is 1. The zero-order chi connectivity index (χ0) is 20.3. The van der Waals surface area contributed by atoms with E-state index in [1.807, 2.05) is 0 Å². The van der Waals surface area contributed by atoms with E-state index < -0.39 is 0 Å². The molecule has 0 atom stereocenters. The Morgan fingerprint density at radius 1 is 0.724 bits per heavy atom. The third-order valence-electron chi connectivity index (χ3n) is 3.89. The van der Waals surface area contributed by atoms with E-state index in [9.17, 15) is 9.59 Å². The summed E-state index contributed by atoms with van der Waals surface area (Å²) in [6.07, 6.45) is 12.0. The van der Waals surface area contributed by atoms with E-state index in [2.05, 4.69) is 10.6 Å². The zero-order valence-electron chi connectivity index (χ0n) is 14.8. The zero-order valence-corrected chi connectivity index (χ0v) is 17.3. The van der Waals surface area contributed by atoms with Crippen LogP contribution >= 0.6 is 23.2 Å². The third-order valence-corrected chi connectivity index (χ3v) is 4.62. The van der Waals surface area contributed by atoms with Gasteiger partial charge >= 0.3 is 0 Å². The molecule has 152 valence electrons. The summed E-state index contributed by atoms with van der Waals surface area (Å²) >= 11 is 12.2. The number of allylic oxidation sites excluding steroid dienone is 8. The van der Waals surface area contributed by atoms with Gasteiger partial charge in [-0.3, -0.25) is 9.59 Å². The van der Waals surface area contributed by atoms with Crippen molar-refractivity contribution in [2.24, 2.45) is 11.5 Å². The molecule has 3 rings (SSSR count). The maximum Gasteiger partial charge on any atom is 0.187 e. The number of carbonyl (C=O) groups is 2. The fourth-order valence-corrected chi connectivity index (χ4v) is 2.78. The molecule has 0 fully saturated rings. The summed E-state index contributed by atoms with van der Waals surface area (Å²) in [4.78, 5) is 23.9. The van der Waals surface area contributed by atoms with Gasteiger partial charge in [-0.2, -0.15) is 0 Å². The number of nitrogens with one attached hydrogen (secondary N) is 2. The predicted molar refractivity (Wildman–Crippen MR) is 113 cm³/mol. The fourth-order valence-electron chi connectivity index (χ4n) is 2.46. The van der Waals surface area contributed by atoms with Crippen LogP contribution < -0.4 is 22.1 Å². The molecule has 0 aliphatic heterocycles. The molecule has 0 spiro atoms. The molecule has 0 aromatic heterocycles. The summed E-state index contributed by atoms with van der Waals surface area (Å²) in [6, 6.07) is 3.20. The molecule has 9 heteroatoms. The summed E-state index contributed by atoms with van der Waals surface area (Å²) in [6.45, 7) is 0. The molecule has 1 aromatic carbocycles. The van der Waals surface area contributed by atoms with E-state index in [4.69, 9.17) is 34.7 Å². The first-order valence-electron chi connectivity index (χ1n) is 8.15. The van der Waals surface area contributed by atoms with Crippen molar-refractivity contribution in [2.45, 2.75) is 0 Å². The molecule has 0 bridgehead atoms. The van der Waals surface area contributed by atoms with Crippen molar-refractivity contribution in [3.8, 4) is 0 Å². The van der Waals surface area contributed by atoms with Crippen LogP contribution in [0.15, 0.2) is 83.5 Å². The molecule has 0 radical (unpaired) electrons. The number of nitrogens with two attached hydrogens (primary N) is 2. The second-order valence-corrected chi connectivity index (χ2v) is 6.80. The first kappa shape index (κ1) is 22.6. The van der Waals surface area contributed by atoms with Crippen LogP contribution in [-0.2, 0) is 26.1 Å². The van der Waals surface area contributed by atoms with Crippen molar-refractivity contribution in [2.75, 3.05) is 10.6 Å². The molecular weight excluding hydrogens is 458 g/mol.